The van der Waals surface area contributed by atoms with Gasteiger partial charge in [-0.2, -0.15) is 0 Å². The van der Waals surface area contributed by atoms with Crippen molar-refractivity contribution in [1.82, 2.24) is 21.3 Å². The zero-order valence-electron chi connectivity index (χ0n) is 6.59. The van der Waals surface area contributed by atoms with E-state index in [1.54, 1.807) is 0 Å². The van der Waals surface area contributed by atoms with Crippen molar-refractivity contribution in [3.05, 3.63) is 0 Å². The third kappa shape index (κ3) is 1.28. The van der Waals surface area contributed by atoms with Gasteiger partial charge in [-0.25, -0.2) is 9.59 Å². The lowest BCUT2D eigenvalue weighted by Gasteiger charge is -2.35. The molecule has 2 unspecified atom stereocenters. The average molecular weight is 184 g/mol. The van der Waals surface area contributed by atoms with Gasteiger partial charge in [-0.05, 0) is 0 Å². The molecule has 7 nitrogen and oxygen atoms in total. The molecule has 2 aliphatic heterocycles. The minimum atomic E-state index is -0.588. The first-order chi connectivity index (χ1) is 6.16. The summed E-state index contributed by atoms with van der Waals surface area (Å²) in [6.07, 6.45) is -0.588. The third-order valence-electron chi connectivity index (χ3n) is 2.03. The van der Waals surface area contributed by atoms with Gasteiger partial charge in [0, 0.05) is 6.54 Å². The number of nitrogens with one attached hydrogen (secondary N) is 4. The fourth-order valence-electron chi connectivity index (χ4n) is 1.38. The van der Waals surface area contributed by atoms with Crippen LogP contribution in [0.3, 0.4) is 0 Å². The third-order valence-corrected chi connectivity index (χ3v) is 2.03. The van der Waals surface area contributed by atoms with E-state index in [0.29, 0.717) is 0 Å². The van der Waals surface area contributed by atoms with Crippen LogP contribution in [0, 0.1) is 5.92 Å². The van der Waals surface area contributed by atoms with E-state index >= 15 is 0 Å². The molecule has 2 rings (SSSR count). The Morgan fingerprint density at radius 1 is 1.08 bits per heavy atom. The number of hydrogen-bond acceptors (Lipinski definition) is 3. The molecule has 2 heterocycles. The molecule has 2 aliphatic rings. The quantitative estimate of drug-likeness (QED) is 0.353. The number of hydrogen-bond donors (Lipinski definition) is 4. The Morgan fingerprint density at radius 3 is 2.54 bits per heavy atom. The SMILES string of the molecule is O=C1NCC2C(=O)NC(=O)NC2N1. The molecule has 0 spiro atoms. The maximum atomic E-state index is 11.2. The van der Waals surface area contributed by atoms with Crippen LogP contribution in [0.4, 0.5) is 9.59 Å². The van der Waals surface area contributed by atoms with E-state index in [2.05, 4.69) is 21.3 Å². The number of urea groups is 2. The highest BCUT2D eigenvalue weighted by atomic mass is 16.2. The molecular formula is C6H8N4O3. The maximum absolute atomic E-state index is 11.2. The summed E-state index contributed by atoms with van der Waals surface area (Å²) in [4.78, 5) is 32.8. The van der Waals surface area contributed by atoms with Crippen molar-refractivity contribution in [1.29, 1.82) is 0 Å². The zero-order chi connectivity index (χ0) is 9.42. The van der Waals surface area contributed by atoms with Crippen LogP contribution in [0.1, 0.15) is 0 Å². The van der Waals surface area contributed by atoms with E-state index in [9.17, 15) is 14.4 Å². The second kappa shape index (κ2) is 2.61. The number of fused-ring (bicyclic) bond motifs is 1. The highest BCUT2D eigenvalue weighted by molar-refractivity contribution is 5.99. The molecule has 0 bridgehead atoms. The van der Waals surface area contributed by atoms with Crippen LogP contribution in [0.5, 0.6) is 0 Å². The van der Waals surface area contributed by atoms with Gasteiger partial charge in [0.25, 0.3) is 0 Å². The molecule has 0 aliphatic carbocycles. The lowest BCUT2D eigenvalue weighted by atomic mass is 10.0. The summed E-state index contributed by atoms with van der Waals surface area (Å²) in [7, 11) is 0. The fourth-order valence-corrected chi connectivity index (χ4v) is 1.38. The summed E-state index contributed by atoms with van der Waals surface area (Å²) >= 11 is 0. The highest BCUT2D eigenvalue weighted by Gasteiger charge is 2.39. The minimum absolute atomic E-state index is 0.239. The molecule has 5 amide bonds. The van der Waals surface area contributed by atoms with Gasteiger partial charge in [-0.1, -0.05) is 0 Å². The van der Waals surface area contributed by atoms with Crippen molar-refractivity contribution >= 4 is 18.0 Å². The van der Waals surface area contributed by atoms with Crippen LogP contribution in [-0.2, 0) is 4.79 Å². The van der Waals surface area contributed by atoms with Crippen molar-refractivity contribution < 1.29 is 14.4 Å². The van der Waals surface area contributed by atoms with Crippen LogP contribution < -0.4 is 21.3 Å². The Bertz CT molecular complexity index is 288. The number of carbonyl (C=O) groups excluding carboxylic acids is 3. The van der Waals surface area contributed by atoms with E-state index in [1.807, 2.05) is 0 Å². The van der Waals surface area contributed by atoms with Gasteiger partial charge in [-0.15, -0.1) is 0 Å². The van der Waals surface area contributed by atoms with Crippen molar-refractivity contribution in [3.8, 4) is 0 Å². The summed E-state index contributed by atoms with van der Waals surface area (Å²) in [5.74, 6) is -0.809. The lowest BCUT2D eigenvalue weighted by Crippen LogP contribution is -2.70. The normalized spacial score (nSPS) is 32.2. The van der Waals surface area contributed by atoms with E-state index < -0.39 is 18.1 Å². The standard InChI is InChI=1S/C6H8N4O3/c11-4-2-1-7-5(12)8-3(2)9-6(13)10-4/h2-3H,1H2,(H2,7,8,12)(H2,9,10,11,13). The monoisotopic (exact) mass is 184 g/mol. The first-order valence-corrected chi connectivity index (χ1v) is 3.82. The summed E-state index contributed by atoms with van der Waals surface area (Å²) in [5, 5.41) is 9.45. The van der Waals surface area contributed by atoms with Gasteiger partial charge in [0.15, 0.2) is 0 Å². The highest BCUT2D eigenvalue weighted by Crippen LogP contribution is 2.08. The predicted molar refractivity (Wildman–Crippen MR) is 40.5 cm³/mol. The second-order valence-electron chi connectivity index (χ2n) is 2.90. The largest absolute Gasteiger partial charge is 0.337 e. The first kappa shape index (κ1) is 7.84. The van der Waals surface area contributed by atoms with Crippen molar-refractivity contribution in [2.24, 2.45) is 5.92 Å². The fraction of sp³-hybridized carbons (Fsp3) is 0.500. The van der Waals surface area contributed by atoms with Crippen molar-refractivity contribution in [3.63, 3.8) is 0 Å². The second-order valence-corrected chi connectivity index (χ2v) is 2.90. The number of rotatable bonds is 0. The van der Waals surface area contributed by atoms with Crippen molar-refractivity contribution in [2.75, 3.05) is 6.54 Å². The molecule has 0 aromatic heterocycles. The lowest BCUT2D eigenvalue weighted by molar-refractivity contribution is -0.126. The van der Waals surface area contributed by atoms with Crippen LogP contribution in [-0.4, -0.2) is 30.7 Å². The maximum Gasteiger partial charge on any atom is 0.323 e. The molecule has 2 atom stereocenters. The van der Waals surface area contributed by atoms with Crippen LogP contribution in [0.2, 0.25) is 0 Å². The number of carbonyl (C=O) groups is 3. The topological polar surface area (TPSA) is 99.3 Å². The first-order valence-electron chi connectivity index (χ1n) is 3.82. The van der Waals surface area contributed by atoms with E-state index in [4.69, 9.17) is 0 Å². The van der Waals surface area contributed by atoms with Gasteiger partial charge in [0.2, 0.25) is 5.91 Å². The Labute approximate surface area is 73.2 Å². The molecule has 13 heavy (non-hydrogen) atoms. The molecule has 2 fully saturated rings. The summed E-state index contributed by atoms with van der Waals surface area (Å²) in [5.41, 5.74) is 0. The molecule has 70 valence electrons. The zero-order valence-corrected chi connectivity index (χ0v) is 6.59. The van der Waals surface area contributed by atoms with Crippen LogP contribution in [0.25, 0.3) is 0 Å². The molecular weight excluding hydrogens is 176 g/mol. The molecule has 0 radical (unpaired) electrons. The Morgan fingerprint density at radius 2 is 1.77 bits per heavy atom. The molecule has 4 N–H and O–H groups in total. The van der Waals surface area contributed by atoms with E-state index in [-0.39, 0.29) is 18.5 Å². The van der Waals surface area contributed by atoms with Gasteiger partial charge in [0.1, 0.15) is 6.17 Å². The molecule has 0 aromatic rings. The molecule has 7 heteroatoms. The van der Waals surface area contributed by atoms with E-state index in [0.717, 1.165) is 0 Å². The summed E-state index contributed by atoms with van der Waals surface area (Å²) in [6.45, 7) is 0.239. The smallest absolute Gasteiger partial charge is 0.323 e. The van der Waals surface area contributed by atoms with E-state index in [1.165, 1.54) is 0 Å². The Balaban J connectivity index is 2.15. The number of amides is 5. The molecule has 0 saturated carbocycles. The van der Waals surface area contributed by atoms with Crippen molar-refractivity contribution in [2.45, 2.75) is 6.17 Å². The van der Waals surface area contributed by atoms with Gasteiger partial charge >= 0.3 is 12.1 Å². The minimum Gasteiger partial charge on any atom is -0.337 e. The molecule has 0 aromatic carbocycles. The van der Waals surface area contributed by atoms with Crippen LogP contribution >= 0.6 is 0 Å². The van der Waals surface area contributed by atoms with Gasteiger partial charge in [0.05, 0.1) is 5.92 Å². The predicted octanol–water partition coefficient (Wildman–Crippen LogP) is -1.92. The van der Waals surface area contributed by atoms with Gasteiger partial charge in [-0.3, -0.25) is 10.1 Å². The van der Waals surface area contributed by atoms with Crippen LogP contribution in [0.15, 0.2) is 0 Å². The van der Waals surface area contributed by atoms with Gasteiger partial charge < -0.3 is 16.0 Å². The average Bonchev–Trinajstić information content (AvgIpc) is 2.02. The summed E-state index contributed by atoms with van der Waals surface area (Å²) in [6, 6.07) is -0.954. The number of imide groups is 1. The Kier molecular flexibility index (Phi) is 1.57. The Hall–Kier alpha value is -1.79. The molecule has 2 saturated heterocycles. The summed E-state index contributed by atoms with van der Waals surface area (Å²) < 4.78 is 0.